The van der Waals surface area contributed by atoms with Crippen LogP contribution in [-0.2, 0) is 6.54 Å². The number of amides is 1. The summed E-state index contributed by atoms with van der Waals surface area (Å²) >= 11 is 0. The van der Waals surface area contributed by atoms with Gasteiger partial charge in [-0.2, -0.15) is 0 Å². The Morgan fingerprint density at radius 2 is 2.04 bits per heavy atom. The number of ether oxygens (including phenoxy) is 1. The van der Waals surface area contributed by atoms with E-state index in [1.54, 1.807) is 29.8 Å². The first-order valence-corrected chi connectivity index (χ1v) is 9.14. The lowest BCUT2D eigenvalue weighted by Crippen LogP contribution is -2.24. The van der Waals surface area contributed by atoms with Crippen LogP contribution in [0.5, 0.6) is 5.88 Å². The molecule has 0 aliphatic rings. The number of aryl methyl sites for hydroxylation is 2. The number of nitrogens with zero attached hydrogens (tertiary/aromatic N) is 4. The van der Waals surface area contributed by atoms with Crippen molar-refractivity contribution in [2.24, 2.45) is 5.92 Å². The van der Waals surface area contributed by atoms with Gasteiger partial charge in [0, 0.05) is 24.0 Å². The molecule has 0 spiro atoms. The molecule has 0 aromatic carbocycles. The van der Waals surface area contributed by atoms with E-state index in [0.29, 0.717) is 29.5 Å². The summed E-state index contributed by atoms with van der Waals surface area (Å²) in [6.45, 7) is 7.95. The van der Waals surface area contributed by atoms with Gasteiger partial charge in [0.1, 0.15) is 6.10 Å². The largest absolute Gasteiger partial charge is 0.481 e. The van der Waals surface area contributed by atoms with Gasteiger partial charge in [-0.15, -0.1) is 10.2 Å². The summed E-state index contributed by atoms with van der Waals surface area (Å²) < 4.78 is 7.00. The van der Waals surface area contributed by atoms with E-state index in [1.165, 1.54) is 0 Å². The van der Waals surface area contributed by atoms with E-state index in [1.807, 2.05) is 33.8 Å². The Balaban J connectivity index is 1.84. The molecule has 1 unspecified atom stereocenters. The fourth-order valence-electron chi connectivity index (χ4n) is 3.03. The van der Waals surface area contributed by atoms with Gasteiger partial charge in [-0.25, -0.2) is 4.98 Å². The summed E-state index contributed by atoms with van der Waals surface area (Å²) in [6, 6.07) is 5.34. The summed E-state index contributed by atoms with van der Waals surface area (Å²) in [5.41, 5.74) is 3.72. The van der Waals surface area contributed by atoms with Crippen molar-refractivity contribution in [3.8, 4) is 5.88 Å². The molecule has 2 N–H and O–H groups in total. The van der Waals surface area contributed by atoms with E-state index in [0.717, 1.165) is 16.8 Å². The van der Waals surface area contributed by atoms with Crippen LogP contribution in [0.4, 0.5) is 0 Å². The molecule has 0 saturated carbocycles. The van der Waals surface area contributed by atoms with E-state index in [4.69, 9.17) is 4.74 Å². The normalized spacial score (nSPS) is 12.4. The molecular weight excluding hydrogens is 358 g/mol. The Morgan fingerprint density at radius 3 is 2.71 bits per heavy atom. The van der Waals surface area contributed by atoms with Crippen LogP contribution >= 0.6 is 0 Å². The van der Waals surface area contributed by atoms with Crippen LogP contribution in [0.2, 0.25) is 0 Å². The van der Waals surface area contributed by atoms with Gasteiger partial charge in [0.25, 0.3) is 5.91 Å². The van der Waals surface area contributed by atoms with Gasteiger partial charge in [0.15, 0.2) is 11.5 Å². The van der Waals surface area contributed by atoms with Crippen molar-refractivity contribution in [3.63, 3.8) is 0 Å². The number of hydrogen-bond acceptors (Lipinski definition) is 6. The number of carbonyl (C=O) groups is 1. The molecule has 3 aromatic rings. The molecule has 0 aliphatic heterocycles. The number of aliphatic hydroxyl groups is 1. The van der Waals surface area contributed by atoms with Crippen molar-refractivity contribution in [2.45, 2.75) is 40.3 Å². The van der Waals surface area contributed by atoms with Gasteiger partial charge >= 0.3 is 0 Å². The summed E-state index contributed by atoms with van der Waals surface area (Å²) in [5.74, 6) is 0.659. The molecule has 3 heterocycles. The number of hydrogen-bond donors (Lipinski definition) is 2. The van der Waals surface area contributed by atoms with Gasteiger partial charge in [0.2, 0.25) is 5.88 Å². The Morgan fingerprint density at radius 1 is 1.29 bits per heavy atom. The average Bonchev–Trinajstić information content (AvgIpc) is 3.08. The predicted molar refractivity (Wildman–Crippen MR) is 104 cm³/mol. The van der Waals surface area contributed by atoms with Crippen molar-refractivity contribution in [3.05, 3.63) is 52.6 Å². The maximum absolute atomic E-state index is 12.7. The minimum absolute atomic E-state index is 0.0191. The molecule has 0 bridgehead atoms. The first kappa shape index (κ1) is 19.8. The predicted octanol–water partition coefficient (Wildman–Crippen LogP) is 2.37. The van der Waals surface area contributed by atoms with E-state index in [9.17, 15) is 9.90 Å². The third kappa shape index (κ3) is 3.82. The number of fused-ring (bicyclic) bond motifs is 1. The van der Waals surface area contributed by atoms with Crippen molar-refractivity contribution in [1.82, 2.24) is 24.9 Å². The van der Waals surface area contributed by atoms with Gasteiger partial charge in [-0.3, -0.25) is 9.20 Å². The zero-order valence-electron chi connectivity index (χ0n) is 16.7. The number of aliphatic hydroxyl groups excluding tert-OH is 1. The zero-order chi connectivity index (χ0) is 20.4. The molecule has 0 saturated heterocycles. The standard InChI is InChI=1S/C20H25N5O3/c1-11(2)17(26)18-24-23-16-7-6-14(10-25(16)18)19(27)21-9-15-12(3)8-13(4)22-20(15)28-5/h6-8,10-11,17,26H,9H2,1-5H3,(H,21,27). The third-order valence-corrected chi connectivity index (χ3v) is 4.64. The SMILES string of the molecule is COc1nc(C)cc(C)c1CNC(=O)c1ccc2nnc(C(O)C(C)C)n2c1. The first-order chi connectivity index (χ1) is 13.3. The van der Waals surface area contributed by atoms with Crippen LogP contribution in [0.3, 0.4) is 0 Å². The number of nitrogens with one attached hydrogen (secondary N) is 1. The summed E-state index contributed by atoms with van der Waals surface area (Å²) in [5, 5.41) is 21.3. The van der Waals surface area contributed by atoms with Crippen LogP contribution in [0.25, 0.3) is 5.65 Å². The topological polar surface area (TPSA) is 102 Å². The fourth-order valence-corrected chi connectivity index (χ4v) is 3.03. The average molecular weight is 383 g/mol. The molecule has 148 valence electrons. The third-order valence-electron chi connectivity index (χ3n) is 4.64. The van der Waals surface area contributed by atoms with Crippen LogP contribution in [0, 0.1) is 19.8 Å². The quantitative estimate of drug-likeness (QED) is 0.678. The highest BCUT2D eigenvalue weighted by Crippen LogP contribution is 2.22. The van der Waals surface area contributed by atoms with Gasteiger partial charge in [0.05, 0.1) is 12.7 Å². The Kier molecular flexibility index (Phi) is 5.60. The summed E-state index contributed by atoms with van der Waals surface area (Å²) in [7, 11) is 1.56. The maximum Gasteiger partial charge on any atom is 0.253 e. The lowest BCUT2D eigenvalue weighted by atomic mass is 10.1. The lowest BCUT2D eigenvalue weighted by molar-refractivity contribution is 0.0949. The molecule has 0 fully saturated rings. The Hall–Kier alpha value is -3.00. The first-order valence-electron chi connectivity index (χ1n) is 9.14. The van der Waals surface area contributed by atoms with E-state index in [2.05, 4.69) is 20.5 Å². The van der Waals surface area contributed by atoms with Crippen molar-refractivity contribution in [2.75, 3.05) is 7.11 Å². The van der Waals surface area contributed by atoms with Crippen LogP contribution in [-0.4, -0.2) is 37.7 Å². The second-order valence-corrected chi connectivity index (χ2v) is 7.14. The highest BCUT2D eigenvalue weighted by atomic mass is 16.5. The molecule has 3 rings (SSSR count). The number of aromatic nitrogens is 4. The fraction of sp³-hybridized carbons (Fsp3) is 0.400. The Bertz CT molecular complexity index is 1010. The van der Waals surface area contributed by atoms with Crippen molar-refractivity contribution in [1.29, 1.82) is 0 Å². The Labute approximate surface area is 163 Å². The second kappa shape index (κ2) is 7.93. The molecule has 8 nitrogen and oxygen atoms in total. The smallest absolute Gasteiger partial charge is 0.253 e. The molecule has 3 aromatic heterocycles. The van der Waals surface area contributed by atoms with Gasteiger partial charge < -0.3 is 15.2 Å². The minimum atomic E-state index is -0.765. The van der Waals surface area contributed by atoms with Gasteiger partial charge in [-0.05, 0) is 43.5 Å². The van der Waals surface area contributed by atoms with Crippen LogP contribution in [0.1, 0.15) is 53.0 Å². The number of pyridine rings is 2. The number of methoxy groups -OCH3 is 1. The molecular formula is C20H25N5O3. The minimum Gasteiger partial charge on any atom is -0.481 e. The molecule has 0 aliphatic carbocycles. The van der Waals surface area contributed by atoms with E-state index in [-0.39, 0.29) is 11.8 Å². The van der Waals surface area contributed by atoms with E-state index < -0.39 is 6.10 Å². The zero-order valence-corrected chi connectivity index (χ0v) is 16.7. The molecule has 1 atom stereocenters. The maximum atomic E-state index is 12.7. The highest BCUT2D eigenvalue weighted by Gasteiger charge is 2.20. The highest BCUT2D eigenvalue weighted by molar-refractivity contribution is 5.94. The molecule has 0 radical (unpaired) electrons. The van der Waals surface area contributed by atoms with Crippen LogP contribution < -0.4 is 10.1 Å². The number of carbonyl (C=O) groups excluding carboxylic acids is 1. The number of rotatable bonds is 6. The van der Waals surface area contributed by atoms with Crippen molar-refractivity contribution >= 4 is 11.6 Å². The molecule has 28 heavy (non-hydrogen) atoms. The second-order valence-electron chi connectivity index (χ2n) is 7.14. The lowest BCUT2D eigenvalue weighted by Gasteiger charge is -2.14. The summed E-state index contributed by atoms with van der Waals surface area (Å²) in [6.07, 6.45) is 0.877. The van der Waals surface area contributed by atoms with E-state index >= 15 is 0 Å². The molecule has 8 heteroatoms. The van der Waals surface area contributed by atoms with Crippen LogP contribution in [0.15, 0.2) is 24.4 Å². The summed E-state index contributed by atoms with van der Waals surface area (Å²) in [4.78, 5) is 17.1. The monoisotopic (exact) mass is 383 g/mol. The molecule has 1 amide bonds. The van der Waals surface area contributed by atoms with Gasteiger partial charge in [-0.1, -0.05) is 13.8 Å². The van der Waals surface area contributed by atoms with Crippen molar-refractivity contribution < 1.29 is 14.6 Å².